The summed E-state index contributed by atoms with van der Waals surface area (Å²) in [6.45, 7) is 7.57. The van der Waals surface area contributed by atoms with Crippen LogP contribution < -0.4 is 15.8 Å². The number of ether oxygens (including phenoxy) is 1. The van der Waals surface area contributed by atoms with E-state index >= 15 is 0 Å². The van der Waals surface area contributed by atoms with Gasteiger partial charge in [-0.1, -0.05) is 12.1 Å². The number of carbonyl (C=O) groups is 1. The predicted octanol–water partition coefficient (Wildman–Crippen LogP) is 2.00. The van der Waals surface area contributed by atoms with Gasteiger partial charge in [0.25, 0.3) is 0 Å². The standard InChI is InChI=1S/C14H22N2O2/c1-9(2)18-13-7-5-12(6-8-13)11(4)16-14(17)10(3)15/h5-11H,15H2,1-4H3,(H,16,17). The van der Waals surface area contributed by atoms with Crippen LogP contribution in [0.2, 0.25) is 0 Å². The summed E-state index contributed by atoms with van der Waals surface area (Å²) in [6.07, 6.45) is 0.158. The third kappa shape index (κ3) is 4.37. The van der Waals surface area contributed by atoms with Crippen molar-refractivity contribution in [3.8, 4) is 5.75 Å². The van der Waals surface area contributed by atoms with Gasteiger partial charge in [-0.15, -0.1) is 0 Å². The molecule has 0 saturated heterocycles. The molecule has 2 atom stereocenters. The first-order chi connectivity index (χ1) is 8.40. The third-order valence-corrected chi connectivity index (χ3v) is 2.52. The van der Waals surface area contributed by atoms with Crippen molar-refractivity contribution in [1.82, 2.24) is 5.32 Å². The van der Waals surface area contributed by atoms with E-state index in [-0.39, 0.29) is 18.1 Å². The summed E-state index contributed by atoms with van der Waals surface area (Å²) in [4.78, 5) is 11.5. The van der Waals surface area contributed by atoms with Crippen molar-refractivity contribution in [3.05, 3.63) is 29.8 Å². The molecule has 0 aliphatic rings. The molecule has 2 unspecified atom stereocenters. The molecule has 18 heavy (non-hydrogen) atoms. The van der Waals surface area contributed by atoms with E-state index in [9.17, 15) is 4.79 Å². The Morgan fingerprint density at radius 2 is 1.72 bits per heavy atom. The molecule has 4 heteroatoms. The molecule has 1 aromatic carbocycles. The molecule has 0 aromatic heterocycles. The van der Waals surface area contributed by atoms with Crippen LogP contribution in [0.5, 0.6) is 5.75 Å². The zero-order chi connectivity index (χ0) is 13.7. The first-order valence-corrected chi connectivity index (χ1v) is 6.22. The van der Waals surface area contributed by atoms with E-state index in [0.29, 0.717) is 0 Å². The number of rotatable bonds is 5. The van der Waals surface area contributed by atoms with Gasteiger partial charge in [0.05, 0.1) is 18.2 Å². The van der Waals surface area contributed by atoms with Crippen LogP contribution >= 0.6 is 0 Å². The number of carbonyl (C=O) groups excluding carboxylic acids is 1. The second-order valence-corrected chi connectivity index (χ2v) is 4.75. The van der Waals surface area contributed by atoms with Gasteiger partial charge in [0.2, 0.25) is 5.91 Å². The lowest BCUT2D eigenvalue weighted by atomic mass is 10.1. The summed E-state index contributed by atoms with van der Waals surface area (Å²) >= 11 is 0. The molecular formula is C14H22N2O2. The molecule has 0 radical (unpaired) electrons. The van der Waals surface area contributed by atoms with E-state index in [1.165, 1.54) is 0 Å². The quantitative estimate of drug-likeness (QED) is 0.840. The highest BCUT2D eigenvalue weighted by Crippen LogP contribution is 2.18. The monoisotopic (exact) mass is 250 g/mol. The van der Waals surface area contributed by atoms with Gasteiger partial charge >= 0.3 is 0 Å². The summed E-state index contributed by atoms with van der Waals surface area (Å²) < 4.78 is 5.56. The van der Waals surface area contributed by atoms with Crippen LogP contribution in [0.25, 0.3) is 0 Å². The topological polar surface area (TPSA) is 64.3 Å². The smallest absolute Gasteiger partial charge is 0.237 e. The van der Waals surface area contributed by atoms with Crippen molar-refractivity contribution in [3.63, 3.8) is 0 Å². The molecule has 0 heterocycles. The molecule has 3 N–H and O–H groups in total. The molecule has 1 aromatic rings. The fourth-order valence-electron chi connectivity index (χ4n) is 1.54. The number of hydrogen-bond donors (Lipinski definition) is 2. The van der Waals surface area contributed by atoms with Gasteiger partial charge < -0.3 is 15.8 Å². The zero-order valence-electron chi connectivity index (χ0n) is 11.4. The average molecular weight is 250 g/mol. The molecule has 0 fully saturated rings. The number of benzene rings is 1. The van der Waals surface area contributed by atoms with Crippen LogP contribution in [-0.2, 0) is 4.79 Å². The van der Waals surface area contributed by atoms with E-state index < -0.39 is 6.04 Å². The second kappa shape index (κ2) is 6.40. The summed E-state index contributed by atoms with van der Waals surface area (Å²) in [5, 5.41) is 2.85. The highest BCUT2D eigenvalue weighted by Gasteiger charge is 2.12. The Kier molecular flexibility index (Phi) is 5.16. The zero-order valence-corrected chi connectivity index (χ0v) is 11.4. The molecular weight excluding hydrogens is 228 g/mol. The Balaban J connectivity index is 2.64. The van der Waals surface area contributed by atoms with Crippen LogP contribution in [0.4, 0.5) is 0 Å². The minimum atomic E-state index is -0.490. The fourth-order valence-corrected chi connectivity index (χ4v) is 1.54. The Bertz CT molecular complexity index is 385. The SMILES string of the molecule is CC(C)Oc1ccc(C(C)NC(=O)C(C)N)cc1. The molecule has 0 saturated carbocycles. The summed E-state index contributed by atoms with van der Waals surface area (Å²) in [7, 11) is 0. The maximum atomic E-state index is 11.5. The highest BCUT2D eigenvalue weighted by molar-refractivity contribution is 5.81. The van der Waals surface area contributed by atoms with Gasteiger partial charge in [0.15, 0.2) is 0 Å². The number of hydrogen-bond acceptors (Lipinski definition) is 3. The van der Waals surface area contributed by atoms with E-state index in [1.807, 2.05) is 45.0 Å². The van der Waals surface area contributed by atoms with Gasteiger partial charge in [-0.3, -0.25) is 4.79 Å². The van der Waals surface area contributed by atoms with Crippen LogP contribution in [0.15, 0.2) is 24.3 Å². The van der Waals surface area contributed by atoms with Crippen molar-refractivity contribution >= 4 is 5.91 Å². The van der Waals surface area contributed by atoms with E-state index in [1.54, 1.807) is 6.92 Å². The number of nitrogens with two attached hydrogens (primary N) is 1. The Morgan fingerprint density at radius 1 is 1.17 bits per heavy atom. The second-order valence-electron chi connectivity index (χ2n) is 4.75. The lowest BCUT2D eigenvalue weighted by Crippen LogP contribution is -2.39. The van der Waals surface area contributed by atoms with Crippen molar-refractivity contribution in [2.75, 3.05) is 0 Å². The van der Waals surface area contributed by atoms with Gasteiger partial charge in [-0.05, 0) is 45.4 Å². The maximum absolute atomic E-state index is 11.5. The van der Waals surface area contributed by atoms with E-state index in [0.717, 1.165) is 11.3 Å². The normalized spacial score (nSPS) is 14.1. The van der Waals surface area contributed by atoms with Crippen LogP contribution in [0.1, 0.15) is 39.3 Å². The molecule has 1 amide bonds. The lowest BCUT2D eigenvalue weighted by Gasteiger charge is -2.17. The van der Waals surface area contributed by atoms with Crippen molar-refractivity contribution in [2.45, 2.75) is 45.9 Å². The Hall–Kier alpha value is -1.55. The molecule has 4 nitrogen and oxygen atoms in total. The maximum Gasteiger partial charge on any atom is 0.237 e. The van der Waals surface area contributed by atoms with Crippen molar-refractivity contribution in [1.29, 1.82) is 0 Å². The van der Waals surface area contributed by atoms with Crippen LogP contribution in [-0.4, -0.2) is 18.1 Å². The van der Waals surface area contributed by atoms with E-state index in [4.69, 9.17) is 10.5 Å². The Labute approximate surface area is 109 Å². The summed E-state index contributed by atoms with van der Waals surface area (Å²) in [5.74, 6) is 0.685. The van der Waals surface area contributed by atoms with E-state index in [2.05, 4.69) is 5.32 Å². The average Bonchev–Trinajstić information content (AvgIpc) is 2.28. The number of amides is 1. The first kappa shape index (κ1) is 14.5. The van der Waals surface area contributed by atoms with Gasteiger partial charge in [-0.25, -0.2) is 0 Å². The van der Waals surface area contributed by atoms with Crippen LogP contribution in [0.3, 0.4) is 0 Å². The molecule has 0 spiro atoms. The molecule has 0 aliphatic heterocycles. The predicted molar refractivity (Wildman–Crippen MR) is 72.4 cm³/mol. The van der Waals surface area contributed by atoms with Crippen molar-refractivity contribution < 1.29 is 9.53 Å². The number of nitrogens with one attached hydrogen (secondary N) is 1. The van der Waals surface area contributed by atoms with Gasteiger partial charge in [0, 0.05) is 0 Å². The lowest BCUT2D eigenvalue weighted by molar-refractivity contribution is -0.122. The fraction of sp³-hybridized carbons (Fsp3) is 0.500. The van der Waals surface area contributed by atoms with Crippen LogP contribution in [0, 0.1) is 0 Å². The van der Waals surface area contributed by atoms with Crippen molar-refractivity contribution in [2.24, 2.45) is 5.73 Å². The molecule has 100 valence electrons. The molecule has 0 aliphatic carbocycles. The largest absolute Gasteiger partial charge is 0.491 e. The molecule has 0 bridgehead atoms. The Morgan fingerprint density at radius 3 is 2.17 bits per heavy atom. The minimum Gasteiger partial charge on any atom is -0.491 e. The van der Waals surface area contributed by atoms with Gasteiger partial charge in [-0.2, -0.15) is 0 Å². The summed E-state index contributed by atoms with van der Waals surface area (Å²) in [5.41, 5.74) is 6.54. The highest BCUT2D eigenvalue weighted by atomic mass is 16.5. The minimum absolute atomic E-state index is 0.0587. The third-order valence-electron chi connectivity index (χ3n) is 2.52. The van der Waals surface area contributed by atoms with Gasteiger partial charge in [0.1, 0.15) is 5.75 Å². The summed E-state index contributed by atoms with van der Waals surface area (Å²) in [6, 6.07) is 7.16. The molecule has 1 rings (SSSR count). The first-order valence-electron chi connectivity index (χ1n) is 6.22.